The Morgan fingerprint density at radius 1 is 0.311 bits per heavy atom. The molecule has 0 bridgehead atoms. The van der Waals surface area contributed by atoms with Crippen LogP contribution in [0.1, 0.15) is 0 Å². The van der Waals surface area contributed by atoms with Gasteiger partial charge in [0.1, 0.15) is 0 Å². The molecular formula is C58H37N3. The van der Waals surface area contributed by atoms with Gasteiger partial charge < -0.3 is 4.57 Å². The van der Waals surface area contributed by atoms with Crippen molar-refractivity contribution in [2.45, 2.75) is 0 Å². The average molecular weight is 776 g/mol. The van der Waals surface area contributed by atoms with E-state index in [1.165, 1.54) is 65.4 Å². The fourth-order valence-electron chi connectivity index (χ4n) is 9.53. The second-order valence-electron chi connectivity index (χ2n) is 15.7. The average Bonchev–Trinajstić information content (AvgIpc) is 3.68. The molecular weight excluding hydrogens is 739 g/mol. The highest BCUT2D eigenvalue weighted by Gasteiger charge is 2.22. The minimum Gasteiger partial charge on any atom is -0.309 e. The summed E-state index contributed by atoms with van der Waals surface area (Å²) in [6.07, 6.45) is 0. The van der Waals surface area contributed by atoms with Crippen LogP contribution in [0.3, 0.4) is 0 Å². The van der Waals surface area contributed by atoms with Gasteiger partial charge in [-0.1, -0.05) is 188 Å². The molecule has 0 radical (unpaired) electrons. The molecule has 0 atom stereocenters. The molecule has 284 valence electrons. The molecule has 0 saturated carbocycles. The summed E-state index contributed by atoms with van der Waals surface area (Å²) >= 11 is 0. The summed E-state index contributed by atoms with van der Waals surface area (Å²) in [4.78, 5) is 10.8. The molecule has 0 aliphatic carbocycles. The maximum atomic E-state index is 5.48. The normalized spacial score (nSPS) is 11.6. The molecule has 0 N–H and O–H groups in total. The molecule has 2 heterocycles. The molecule has 3 heteroatoms. The Morgan fingerprint density at radius 3 is 1.67 bits per heavy atom. The van der Waals surface area contributed by atoms with E-state index in [9.17, 15) is 0 Å². The minimum atomic E-state index is 0.691. The van der Waals surface area contributed by atoms with Gasteiger partial charge in [0.15, 0.2) is 5.82 Å². The summed E-state index contributed by atoms with van der Waals surface area (Å²) in [6, 6.07) is 80.4. The fourth-order valence-corrected chi connectivity index (χ4v) is 9.53. The number of hydrogen-bond acceptors (Lipinski definition) is 2. The summed E-state index contributed by atoms with van der Waals surface area (Å²) in [6.45, 7) is 0. The van der Waals surface area contributed by atoms with Gasteiger partial charge in [0.25, 0.3) is 0 Å². The molecule has 0 aliphatic rings. The Bertz CT molecular complexity index is 3630. The standard InChI is InChI=1S/C58H37N3/c1-4-19-39(20-5-1)54-46-28-12-13-29-47(46)57(56-44-27-11-10-18-38(44)34-35-49(54)56)51-37-50(59-58(60-51)40-21-6-2-7-22-40)42-24-16-23-41(36-42)45-31-17-33-53-55(45)48-30-14-15-32-52(48)61(53)43-25-8-3-9-26-43/h1-37H. The van der Waals surface area contributed by atoms with E-state index in [1.807, 2.05) is 6.07 Å². The van der Waals surface area contributed by atoms with E-state index in [0.717, 1.165) is 44.7 Å². The predicted octanol–water partition coefficient (Wildman–Crippen LogP) is 15.4. The number of rotatable bonds is 6. The third-order valence-electron chi connectivity index (χ3n) is 12.2. The van der Waals surface area contributed by atoms with Gasteiger partial charge in [-0.2, -0.15) is 0 Å². The molecule has 0 aliphatic heterocycles. The van der Waals surface area contributed by atoms with Gasteiger partial charge in [-0.25, -0.2) is 9.97 Å². The first kappa shape index (κ1) is 34.9. The number of aromatic nitrogens is 3. The largest absolute Gasteiger partial charge is 0.309 e. The van der Waals surface area contributed by atoms with Gasteiger partial charge in [0, 0.05) is 38.5 Å². The van der Waals surface area contributed by atoms with Crippen LogP contribution in [0.15, 0.2) is 224 Å². The minimum absolute atomic E-state index is 0.691. The number of para-hydroxylation sites is 2. The van der Waals surface area contributed by atoms with Crippen LogP contribution < -0.4 is 0 Å². The molecule has 0 unspecified atom stereocenters. The monoisotopic (exact) mass is 775 g/mol. The maximum absolute atomic E-state index is 5.48. The number of fused-ring (bicyclic) bond motifs is 7. The van der Waals surface area contributed by atoms with E-state index in [-0.39, 0.29) is 0 Å². The molecule has 0 saturated heterocycles. The van der Waals surface area contributed by atoms with Crippen LogP contribution in [0, 0.1) is 0 Å². The van der Waals surface area contributed by atoms with Crippen molar-refractivity contribution >= 4 is 54.1 Å². The van der Waals surface area contributed by atoms with E-state index in [0.29, 0.717) is 5.82 Å². The molecule has 12 rings (SSSR count). The molecule has 12 aromatic rings. The van der Waals surface area contributed by atoms with Gasteiger partial charge in [-0.15, -0.1) is 0 Å². The predicted molar refractivity (Wildman–Crippen MR) is 256 cm³/mol. The molecule has 3 nitrogen and oxygen atoms in total. The SMILES string of the molecule is c1ccc(-c2nc(-c3cccc(-c4cccc5c4c4ccccc4n5-c4ccccc4)c3)cc(-c3c4ccccc4c(-c4ccccc4)c4ccc5ccccc5c34)n2)cc1. The highest BCUT2D eigenvalue weighted by molar-refractivity contribution is 6.27. The molecule has 2 aromatic heterocycles. The third kappa shape index (κ3) is 5.74. The van der Waals surface area contributed by atoms with Crippen LogP contribution in [-0.2, 0) is 0 Å². The number of nitrogens with zero attached hydrogens (tertiary/aromatic N) is 3. The van der Waals surface area contributed by atoms with E-state index >= 15 is 0 Å². The Labute approximate surface area is 353 Å². The molecule has 10 aromatic carbocycles. The van der Waals surface area contributed by atoms with Gasteiger partial charge in [-0.3, -0.25) is 0 Å². The quantitative estimate of drug-likeness (QED) is 0.124. The van der Waals surface area contributed by atoms with Crippen molar-refractivity contribution in [3.63, 3.8) is 0 Å². The zero-order chi connectivity index (χ0) is 40.3. The first-order valence-corrected chi connectivity index (χ1v) is 20.8. The van der Waals surface area contributed by atoms with Crippen LogP contribution in [0.2, 0.25) is 0 Å². The Hall–Kier alpha value is -8.14. The highest BCUT2D eigenvalue weighted by Crippen LogP contribution is 2.47. The maximum Gasteiger partial charge on any atom is 0.160 e. The van der Waals surface area contributed by atoms with Crippen molar-refractivity contribution in [3.05, 3.63) is 224 Å². The lowest BCUT2D eigenvalue weighted by molar-refractivity contribution is 1.18. The van der Waals surface area contributed by atoms with Gasteiger partial charge >= 0.3 is 0 Å². The van der Waals surface area contributed by atoms with Crippen LogP contribution >= 0.6 is 0 Å². The van der Waals surface area contributed by atoms with E-state index in [1.54, 1.807) is 0 Å². The Morgan fingerprint density at radius 2 is 0.885 bits per heavy atom. The summed E-state index contributed by atoms with van der Waals surface area (Å²) in [5, 5.41) is 9.59. The summed E-state index contributed by atoms with van der Waals surface area (Å²) in [5.41, 5.74) is 13.1. The molecule has 0 fully saturated rings. The van der Waals surface area contributed by atoms with Crippen LogP contribution in [0.4, 0.5) is 0 Å². The number of hydrogen-bond donors (Lipinski definition) is 0. The summed E-state index contributed by atoms with van der Waals surface area (Å²) in [7, 11) is 0. The van der Waals surface area contributed by atoms with E-state index in [4.69, 9.17) is 9.97 Å². The zero-order valence-electron chi connectivity index (χ0n) is 33.2. The molecule has 0 amide bonds. The lowest BCUT2D eigenvalue weighted by Gasteiger charge is -2.19. The highest BCUT2D eigenvalue weighted by atomic mass is 15.0. The topological polar surface area (TPSA) is 30.7 Å². The van der Waals surface area contributed by atoms with Crippen molar-refractivity contribution in [1.29, 1.82) is 0 Å². The summed E-state index contributed by atoms with van der Waals surface area (Å²) < 4.78 is 2.38. The van der Waals surface area contributed by atoms with Crippen molar-refractivity contribution in [3.8, 4) is 61.8 Å². The van der Waals surface area contributed by atoms with Crippen LogP contribution in [-0.4, -0.2) is 14.5 Å². The Balaban J connectivity index is 1.13. The lowest BCUT2D eigenvalue weighted by atomic mass is 9.85. The van der Waals surface area contributed by atoms with Crippen molar-refractivity contribution in [2.24, 2.45) is 0 Å². The summed E-state index contributed by atoms with van der Waals surface area (Å²) in [5.74, 6) is 0.691. The fraction of sp³-hybridized carbons (Fsp3) is 0. The first-order valence-electron chi connectivity index (χ1n) is 20.8. The van der Waals surface area contributed by atoms with Gasteiger partial charge in [0.05, 0.1) is 22.4 Å². The lowest BCUT2D eigenvalue weighted by Crippen LogP contribution is -1.98. The third-order valence-corrected chi connectivity index (χ3v) is 12.2. The van der Waals surface area contributed by atoms with Crippen LogP contribution in [0.25, 0.3) is 116 Å². The second kappa shape index (κ2) is 14.3. The smallest absolute Gasteiger partial charge is 0.160 e. The van der Waals surface area contributed by atoms with Gasteiger partial charge in [-0.05, 0) is 85.6 Å². The van der Waals surface area contributed by atoms with E-state index in [2.05, 4.69) is 223 Å². The molecule has 61 heavy (non-hydrogen) atoms. The van der Waals surface area contributed by atoms with Crippen molar-refractivity contribution in [2.75, 3.05) is 0 Å². The first-order chi connectivity index (χ1) is 30.3. The zero-order valence-corrected chi connectivity index (χ0v) is 33.2. The van der Waals surface area contributed by atoms with Crippen molar-refractivity contribution in [1.82, 2.24) is 14.5 Å². The molecule has 0 spiro atoms. The van der Waals surface area contributed by atoms with E-state index < -0.39 is 0 Å². The van der Waals surface area contributed by atoms with Crippen molar-refractivity contribution < 1.29 is 0 Å². The number of benzene rings is 10. The van der Waals surface area contributed by atoms with Gasteiger partial charge in [0.2, 0.25) is 0 Å². The van der Waals surface area contributed by atoms with Crippen LogP contribution in [0.5, 0.6) is 0 Å². The Kier molecular flexibility index (Phi) is 8.17. The second-order valence-corrected chi connectivity index (χ2v) is 15.7.